The molecule has 1 aliphatic rings. The van der Waals surface area contributed by atoms with E-state index >= 15 is 0 Å². The fourth-order valence-corrected chi connectivity index (χ4v) is 2.37. The van der Waals surface area contributed by atoms with Gasteiger partial charge in [0.25, 0.3) is 0 Å². The minimum atomic E-state index is 0.101. The molecule has 0 bridgehead atoms. The van der Waals surface area contributed by atoms with Gasteiger partial charge in [-0.15, -0.1) is 0 Å². The number of carbonyl (C=O) groups is 1. The molecule has 2 rings (SSSR count). The van der Waals surface area contributed by atoms with Crippen molar-refractivity contribution >= 4 is 27.5 Å². The molecule has 1 aliphatic heterocycles. The molecule has 1 aromatic carbocycles. The first-order chi connectivity index (χ1) is 8.16. The molecule has 0 aliphatic carbocycles. The highest BCUT2D eigenvalue weighted by Gasteiger charge is 2.20. The molecule has 1 aromatic rings. The minimum Gasteiger partial charge on any atom is -0.326 e. The number of rotatable bonds is 2. The summed E-state index contributed by atoms with van der Waals surface area (Å²) in [5.74, 6) is 0.219. The van der Waals surface area contributed by atoms with Gasteiger partial charge in [-0.3, -0.25) is 4.79 Å². The Morgan fingerprint density at radius 2 is 2.35 bits per heavy atom. The Balaban J connectivity index is 1.99. The summed E-state index contributed by atoms with van der Waals surface area (Å²) in [7, 11) is 0. The van der Waals surface area contributed by atoms with Gasteiger partial charge in [-0.05, 0) is 44.0 Å². The van der Waals surface area contributed by atoms with Gasteiger partial charge in [0.2, 0.25) is 5.91 Å². The zero-order valence-electron chi connectivity index (χ0n) is 9.92. The summed E-state index contributed by atoms with van der Waals surface area (Å²) in [6.07, 6.45) is 2.06. The summed E-state index contributed by atoms with van der Waals surface area (Å²) in [6.45, 7) is 3.85. The summed E-state index contributed by atoms with van der Waals surface area (Å²) in [5.41, 5.74) is 2.03. The number of nitrogens with one attached hydrogen (secondary N) is 2. The molecule has 17 heavy (non-hydrogen) atoms. The van der Waals surface area contributed by atoms with Crippen molar-refractivity contribution in [3.8, 4) is 0 Å². The number of carbonyl (C=O) groups excluding carboxylic acids is 1. The SMILES string of the molecule is Cc1ccc(NC(=O)C2CCCNC2)cc1Br. The smallest absolute Gasteiger partial charge is 0.228 e. The maximum atomic E-state index is 12.0. The predicted molar refractivity (Wildman–Crippen MR) is 73.1 cm³/mol. The molecule has 1 saturated heterocycles. The Bertz CT molecular complexity index is 414. The molecule has 0 spiro atoms. The monoisotopic (exact) mass is 296 g/mol. The van der Waals surface area contributed by atoms with Crippen molar-refractivity contribution in [1.82, 2.24) is 5.32 Å². The first-order valence-corrected chi connectivity index (χ1v) is 6.74. The van der Waals surface area contributed by atoms with E-state index in [0.29, 0.717) is 0 Å². The third-order valence-electron chi connectivity index (χ3n) is 3.11. The summed E-state index contributed by atoms with van der Waals surface area (Å²) in [5, 5.41) is 6.22. The quantitative estimate of drug-likeness (QED) is 0.881. The number of hydrogen-bond donors (Lipinski definition) is 2. The number of benzene rings is 1. The molecule has 1 unspecified atom stereocenters. The van der Waals surface area contributed by atoms with Crippen LogP contribution in [0.25, 0.3) is 0 Å². The van der Waals surface area contributed by atoms with E-state index in [-0.39, 0.29) is 11.8 Å². The highest BCUT2D eigenvalue weighted by molar-refractivity contribution is 9.10. The predicted octanol–water partition coefficient (Wildman–Crippen LogP) is 2.70. The normalized spacial score (nSPS) is 20.0. The fraction of sp³-hybridized carbons (Fsp3) is 0.462. The van der Waals surface area contributed by atoms with E-state index in [1.807, 2.05) is 25.1 Å². The van der Waals surface area contributed by atoms with Crippen LogP contribution in [-0.2, 0) is 4.79 Å². The van der Waals surface area contributed by atoms with Crippen molar-refractivity contribution in [2.24, 2.45) is 5.92 Å². The Morgan fingerprint density at radius 3 is 3.00 bits per heavy atom. The minimum absolute atomic E-state index is 0.101. The van der Waals surface area contributed by atoms with E-state index < -0.39 is 0 Å². The third-order valence-corrected chi connectivity index (χ3v) is 3.96. The van der Waals surface area contributed by atoms with Crippen LogP contribution in [0.2, 0.25) is 0 Å². The van der Waals surface area contributed by atoms with Crippen LogP contribution in [-0.4, -0.2) is 19.0 Å². The lowest BCUT2D eigenvalue weighted by atomic mass is 9.99. The largest absolute Gasteiger partial charge is 0.326 e. The van der Waals surface area contributed by atoms with Gasteiger partial charge >= 0.3 is 0 Å². The van der Waals surface area contributed by atoms with Gasteiger partial charge in [-0.1, -0.05) is 22.0 Å². The van der Waals surface area contributed by atoms with Crippen LogP contribution in [0.4, 0.5) is 5.69 Å². The van der Waals surface area contributed by atoms with E-state index in [2.05, 4.69) is 26.6 Å². The van der Waals surface area contributed by atoms with Gasteiger partial charge in [0.05, 0.1) is 5.92 Å². The summed E-state index contributed by atoms with van der Waals surface area (Å²) in [6, 6.07) is 5.89. The van der Waals surface area contributed by atoms with Gasteiger partial charge in [-0.2, -0.15) is 0 Å². The average molecular weight is 297 g/mol. The lowest BCUT2D eigenvalue weighted by Gasteiger charge is -2.22. The molecule has 1 atom stereocenters. The van der Waals surface area contributed by atoms with Gasteiger partial charge in [0.15, 0.2) is 0 Å². The van der Waals surface area contributed by atoms with E-state index in [4.69, 9.17) is 0 Å². The van der Waals surface area contributed by atoms with Gasteiger partial charge in [0.1, 0.15) is 0 Å². The Kier molecular flexibility index (Phi) is 4.18. The van der Waals surface area contributed by atoms with E-state index in [1.54, 1.807) is 0 Å². The number of halogens is 1. The second kappa shape index (κ2) is 5.65. The molecule has 1 amide bonds. The first-order valence-electron chi connectivity index (χ1n) is 5.94. The van der Waals surface area contributed by atoms with Crippen LogP contribution in [0.5, 0.6) is 0 Å². The zero-order valence-corrected chi connectivity index (χ0v) is 11.5. The molecule has 1 heterocycles. The Labute approximate surface area is 110 Å². The molecular formula is C13H17BrN2O. The van der Waals surface area contributed by atoms with E-state index in [9.17, 15) is 4.79 Å². The van der Waals surface area contributed by atoms with Crippen molar-refractivity contribution in [2.75, 3.05) is 18.4 Å². The summed E-state index contributed by atoms with van der Waals surface area (Å²) in [4.78, 5) is 12.0. The molecule has 0 saturated carbocycles. The number of aryl methyl sites for hydroxylation is 1. The van der Waals surface area contributed by atoms with Crippen LogP contribution in [0.3, 0.4) is 0 Å². The second-order valence-electron chi connectivity index (χ2n) is 4.50. The highest BCUT2D eigenvalue weighted by Crippen LogP contribution is 2.21. The van der Waals surface area contributed by atoms with Crippen LogP contribution in [0.15, 0.2) is 22.7 Å². The molecule has 0 radical (unpaired) electrons. The third kappa shape index (κ3) is 3.30. The van der Waals surface area contributed by atoms with Crippen LogP contribution >= 0.6 is 15.9 Å². The fourth-order valence-electron chi connectivity index (χ4n) is 1.99. The number of anilines is 1. The maximum Gasteiger partial charge on any atom is 0.228 e. The Hall–Kier alpha value is -0.870. The van der Waals surface area contributed by atoms with Gasteiger partial charge in [-0.25, -0.2) is 0 Å². The standard InChI is InChI=1S/C13H17BrN2O/c1-9-4-5-11(7-12(9)14)16-13(17)10-3-2-6-15-8-10/h4-5,7,10,15H,2-3,6,8H2,1H3,(H,16,17). The molecule has 1 fully saturated rings. The van der Waals surface area contributed by atoms with Crippen LogP contribution in [0.1, 0.15) is 18.4 Å². The molecule has 92 valence electrons. The van der Waals surface area contributed by atoms with E-state index in [1.165, 1.54) is 5.56 Å². The number of amides is 1. The molecule has 0 aromatic heterocycles. The summed E-state index contributed by atoms with van der Waals surface area (Å²) >= 11 is 3.47. The van der Waals surface area contributed by atoms with E-state index in [0.717, 1.165) is 36.1 Å². The maximum absolute atomic E-state index is 12.0. The second-order valence-corrected chi connectivity index (χ2v) is 5.35. The summed E-state index contributed by atoms with van der Waals surface area (Å²) < 4.78 is 1.03. The number of piperidine rings is 1. The average Bonchev–Trinajstić information content (AvgIpc) is 2.35. The Morgan fingerprint density at radius 1 is 1.53 bits per heavy atom. The molecule has 4 heteroatoms. The van der Waals surface area contributed by atoms with Gasteiger partial charge in [0, 0.05) is 16.7 Å². The topological polar surface area (TPSA) is 41.1 Å². The number of hydrogen-bond acceptors (Lipinski definition) is 2. The molecular weight excluding hydrogens is 280 g/mol. The van der Waals surface area contributed by atoms with Crippen LogP contribution < -0.4 is 10.6 Å². The van der Waals surface area contributed by atoms with Crippen molar-refractivity contribution in [2.45, 2.75) is 19.8 Å². The molecule has 3 nitrogen and oxygen atoms in total. The van der Waals surface area contributed by atoms with Crippen molar-refractivity contribution in [3.63, 3.8) is 0 Å². The molecule has 2 N–H and O–H groups in total. The van der Waals surface area contributed by atoms with Crippen LogP contribution in [0, 0.1) is 12.8 Å². The lowest BCUT2D eigenvalue weighted by Crippen LogP contribution is -2.37. The van der Waals surface area contributed by atoms with Crippen molar-refractivity contribution in [1.29, 1.82) is 0 Å². The zero-order chi connectivity index (χ0) is 12.3. The van der Waals surface area contributed by atoms with Crippen molar-refractivity contribution in [3.05, 3.63) is 28.2 Å². The first kappa shape index (κ1) is 12.6. The van der Waals surface area contributed by atoms with Gasteiger partial charge < -0.3 is 10.6 Å². The van der Waals surface area contributed by atoms with Crippen molar-refractivity contribution < 1.29 is 4.79 Å². The highest BCUT2D eigenvalue weighted by atomic mass is 79.9. The lowest BCUT2D eigenvalue weighted by molar-refractivity contribution is -0.120.